The second kappa shape index (κ2) is 8.31. The normalized spacial score (nSPS) is 16.2. The van der Waals surface area contributed by atoms with E-state index in [9.17, 15) is 4.79 Å². The van der Waals surface area contributed by atoms with Crippen molar-refractivity contribution in [2.45, 2.75) is 38.6 Å². The van der Waals surface area contributed by atoms with Crippen LogP contribution in [-0.2, 0) is 11.2 Å². The third kappa shape index (κ3) is 3.79. The van der Waals surface area contributed by atoms with E-state index in [0.717, 1.165) is 30.6 Å². The van der Waals surface area contributed by atoms with E-state index in [1.807, 2.05) is 24.9 Å². The van der Waals surface area contributed by atoms with Crippen molar-refractivity contribution in [3.05, 3.63) is 47.2 Å². The smallest absolute Gasteiger partial charge is 0.226 e. The Morgan fingerprint density at radius 3 is 2.96 bits per heavy atom. The van der Waals surface area contributed by atoms with Gasteiger partial charge in [0.15, 0.2) is 0 Å². The number of anilines is 1. The summed E-state index contributed by atoms with van der Waals surface area (Å²) < 4.78 is 1.99. The first kappa shape index (κ1) is 18.5. The van der Waals surface area contributed by atoms with Crippen molar-refractivity contribution >= 4 is 24.1 Å². The number of hydrogen-bond acceptors (Lipinski definition) is 3. The first-order valence-electron chi connectivity index (χ1n) is 8.27. The number of rotatable bonds is 5. The van der Waals surface area contributed by atoms with Gasteiger partial charge in [0.1, 0.15) is 5.82 Å². The van der Waals surface area contributed by atoms with Crippen LogP contribution in [-0.4, -0.2) is 29.3 Å². The molecule has 1 unspecified atom stereocenters. The largest absolute Gasteiger partial charge is 0.319 e. The number of aryl methyl sites for hydroxylation is 2. The molecule has 0 saturated heterocycles. The van der Waals surface area contributed by atoms with Gasteiger partial charge in [0.25, 0.3) is 0 Å². The van der Waals surface area contributed by atoms with Gasteiger partial charge in [-0.3, -0.25) is 4.79 Å². The van der Waals surface area contributed by atoms with Gasteiger partial charge < -0.3 is 10.6 Å². The Labute approximate surface area is 149 Å². The molecule has 0 aliphatic heterocycles. The summed E-state index contributed by atoms with van der Waals surface area (Å²) in [7, 11) is 1.85. The van der Waals surface area contributed by atoms with Crippen LogP contribution in [0.5, 0.6) is 0 Å². The first-order chi connectivity index (χ1) is 11.2. The van der Waals surface area contributed by atoms with Crippen LogP contribution >= 0.6 is 12.4 Å². The number of benzene rings is 1. The maximum absolute atomic E-state index is 12.1. The Balaban J connectivity index is 0.00000208. The van der Waals surface area contributed by atoms with Crippen LogP contribution < -0.4 is 10.6 Å². The zero-order valence-electron chi connectivity index (χ0n) is 14.2. The molecular formula is C18H25ClN4O. The van der Waals surface area contributed by atoms with Gasteiger partial charge in [-0.15, -0.1) is 12.4 Å². The molecule has 1 aliphatic carbocycles. The maximum Gasteiger partial charge on any atom is 0.226 e. The second-order valence-electron chi connectivity index (χ2n) is 6.13. The van der Waals surface area contributed by atoms with E-state index in [1.165, 1.54) is 11.1 Å². The second-order valence-corrected chi connectivity index (χ2v) is 6.13. The number of nitrogens with one attached hydrogen (secondary N) is 2. The highest BCUT2D eigenvalue weighted by Gasteiger charge is 2.25. The predicted octanol–water partition coefficient (Wildman–Crippen LogP) is 3.09. The molecule has 0 spiro atoms. The fourth-order valence-corrected chi connectivity index (χ4v) is 3.26. The number of amides is 1. The summed E-state index contributed by atoms with van der Waals surface area (Å²) in [6.45, 7) is 2.66. The molecule has 1 aliphatic rings. The number of carbonyl (C=O) groups excluding carboxylic acids is 1. The van der Waals surface area contributed by atoms with Gasteiger partial charge >= 0.3 is 0 Å². The van der Waals surface area contributed by atoms with Crippen LogP contribution in [0.1, 0.15) is 42.0 Å². The minimum absolute atomic E-state index is 0. The SMILES string of the molecule is CNCCC(=O)Nc1c(C)cnn1C1CCCc2ccccc21.Cl. The summed E-state index contributed by atoms with van der Waals surface area (Å²) in [5.74, 6) is 0.848. The zero-order chi connectivity index (χ0) is 16.2. The topological polar surface area (TPSA) is 59.0 Å². The van der Waals surface area contributed by atoms with E-state index in [4.69, 9.17) is 0 Å². The van der Waals surface area contributed by atoms with Crippen LogP contribution in [0, 0.1) is 6.92 Å². The number of hydrogen-bond donors (Lipinski definition) is 2. The van der Waals surface area contributed by atoms with E-state index in [2.05, 4.69) is 40.0 Å². The molecule has 2 N–H and O–H groups in total. The molecule has 0 bridgehead atoms. The predicted molar refractivity (Wildman–Crippen MR) is 98.9 cm³/mol. The monoisotopic (exact) mass is 348 g/mol. The highest BCUT2D eigenvalue weighted by Crippen LogP contribution is 2.35. The van der Waals surface area contributed by atoms with Crippen molar-refractivity contribution in [3.63, 3.8) is 0 Å². The van der Waals surface area contributed by atoms with E-state index in [0.29, 0.717) is 13.0 Å². The van der Waals surface area contributed by atoms with Crippen LogP contribution in [0.25, 0.3) is 0 Å². The molecule has 0 fully saturated rings. The molecule has 3 rings (SSSR count). The Morgan fingerprint density at radius 2 is 2.17 bits per heavy atom. The Kier molecular flexibility index (Phi) is 6.40. The van der Waals surface area contributed by atoms with E-state index < -0.39 is 0 Å². The number of nitrogens with zero attached hydrogens (tertiary/aromatic N) is 2. The third-order valence-electron chi connectivity index (χ3n) is 4.47. The van der Waals surface area contributed by atoms with Crippen molar-refractivity contribution in [3.8, 4) is 0 Å². The van der Waals surface area contributed by atoms with Gasteiger partial charge in [-0.2, -0.15) is 5.10 Å². The fraction of sp³-hybridized carbons (Fsp3) is 0.444. The summed E-state index contributed by atoms with van der Waals surface area (Å²) >= 11 is 0. The van der Waals surface area contributed by atoms with Crippen molar-refractivity contribution in [2.75, 3.05) is 18.9 Å². The summed E-state index contributed by atoms with van der Waals surface area (Å²) in [6, 6.07) is 8.76. The molecule has 1 aromatic carbocycles. The summed E-state index contributed by atoms with van der Waals surface area (Å²) in [5, 5.41) is 10.6. The molecule has 0 saturated carbocycles. The van der Waals surface area contributed by atoms with Crippen LogP contribution in [0.4, 0.5) is 5.82 Å². The van der Waals surface area contributed by atoms with Crippen LogP contribution in [0.3, 0.4) is 0 Å². The molecule has 0 radical (unpaired) electrons. The van der Waals surface area contributed by atoms with E-state index in [-0.39, 0.29) is 24.4 Å². The minimum atomic E-state index is 0. The number of carbonyl (C=O) groups is 1. The van der Waals surface area contributed by atoms with Crippen LogP contribution in [0.2, 0.25) is 0 Å². The molecular weight excluding hydrogens is 324 g/mol. The minimum Gasteiger partial charge on any atom is -0.319 e. The Hall–Kier alpha value is -1.85. The summed E-state index contributed by atoms with van der Waals surface area (Å²) in [6.07, 6.45) is 5.62. The molecule has 24 heavy (non-hydrogen) atoms. The maximum atomic E-state index is 12.1. The average molecular weight is 349 g/mol. The fourth-order valence-electron chi connectivity index (χ4n) is 3.26. The van der Waals surface area contributed by atoms with Gasteiger partial charge in [0.2, 0.25) is 5.91 Å². The molecule has 5 nitrogen and oxygen atoms in total. The Bertz CT molecular complexity index is 698. The lowest BCUT2D eigenvalue weighted by molar-refractivity contribution is -0.116. The molecule has 6 heteroatoms. The zero-order valence-corrected chi connectivity index (χ0v) is 15.0. The quantitative estimate of drug-likeness (QED) is 0.873. The molecule has 130 valence electrons. The number of fused-ring (bicyclic) bond motifs is 1. The lowest BCUT2D eigenvalue weighted by Crippen LogP contribution is -2.24. The highest BCUT2D eigenvalue weighted by molar-refractivity contribution is 5.90. The van der Waals surface area contributed by atoms with E-state index >= 15 is 0 Å². The van der Waals surface area contributed by atoms with E-state index in [1.54, 1.807) is 0 Å². The van der Waals surface area contributed by atoms with Crippen molar-refractivity contribution in [2.24, 2.45) is 0 Å². The van der Waals surface area contributed by atoms with Gasteiger partial charge in [-0.25, -0.2) is 4.68 Å². The first-order valence-corrected chi connectivity index (χ1v) is 8.27. The third-order valence-corrected chi connectivity index (χ3v) is 4.47. The van der Waals surface area contributed by atoms with Gasteiger partial charge in [0, 0.05) is 18.5 Å². The Morgan fingerprint density at radius 1 is 1.38 bits per heavy atom. The van der Waals surface area contributed by atoms with Crippen molar-refractivity contribution in [1.82, 2.24) is 15.1 Å². The van der Waals surface area contributed by atoms with Crippen molar-refractivity contribution < 1.29 is 4.79 Å². The molecule has 1 amide bonds. The van der Waals surface area contributed by atoms with Gasteiger partial charge in [-0.1, -0.05) is 24.3 Å². The van der Waals surface area contributed by atoms with Gasteiger partial charge in [-0.05, 0) is 44.4 Å². The van der Waals surface area contributed by atoms with Gasteiger partial charge in [0.05, 0.1) is 12.2 Å². The average Bonchev–Trinajstić information content (AvgIpc) is 2.93. The summed E-state index contributed by atoms with van der Waals surface area (Å²) in [4.78, 5) is 12.1. The van der Waals surface area contributed by atoms with Crippen molar-refractivity contribution in [1.29, 1.82) is 0 Å². The molecule has 2 aromatic rings. The summed E-state index contributed by atoms with van der Waals surface area (Å²) in [5.41, 5.74) is 3.72. The molecule has 1 heterocycles. The molecule has 1 aromatic heterocycles. The number of aromatic nitrogens is 2. The standard InChI is InChI=1S/C18H24N4O.ClH/c1-13-12-20-22(18(13)21-17(23)10-11-19-2)16-9-5-7-14-6-3-4-8-15(14)16;/h3-4,6,8,12,16,19H,5,7,9-11H2,1-2H3,(H,21,23);1H. The lowest BCUT2D eigenvalue weighted by atomic mass is 9.88. The highest BCUT2D eigenvalue weighted by atomic mass is 35.5. The van der Waals surface area contributed by atoms with Crippen LogP contribution in [0.15, 0.2) is 30.5 Å². The number of halogens is 1. The molecule has 1 atom stereocenters. The lowest BCUT2D eigenvalue weighted by Gasteiger charge is -2.27.